The summed E-state index contributed by atoms with van der Waals surface area (Å²) < 4.78 is 13.9. The monoisotopic (exact) mass is 292 g/mol. The number of rotatable bonds is 3. The molecule has 0 aliphatic heterocycles. The highest BCUT2D eigenvalue weighted by molar-refractivity contribution is 5.23. The highest BCUT2D eigenvalue weighted by Crippen LogP contribution is 2.58. The maximum absolute atomic E-state index is 13.9. The minimum Gasteiger partial charge on any atom is -0.247 e. The number of hydrogen-bond donors (Lipinski definition) is 0. The quantitative estimate of drug-likeness (QED) is 0.533. The van der Waals surface area contributed by atoms with E-state index in [0.717, 1.165) is 19.3 Å². The highest BCUT2D eigenvalue weighted by Gasteiger charge is 2.51. The summed E-state index contributed by atoms with van der Waals surface area (Å²) in [7, 11) is 0. The fourth-order valence-corrected chi connectivity index (χ4v) is 4.98. The Morgan fingerprint density at radius 1 is 1.43 bits per heavy atom. The van der Waals surface area contributed by atoms with Gasteiger partial charge in [0.25, 0.3) is 0 Å². The Morgan fingerprint density at radius 2 is 2.10 bits per heavy atom. The Hall–Kier alpha value is -0.550. The lowest BCUT2D eigenvalue weighted by Gasteiger charge is -2.53. The molecule has 2 aliphatic carbocycles. The molecule has 0 heterocycles. The Morgan fingerprint density at radius 3 is 2.67 bits per heavy atom. The molecule has 0 aromatic heterocycles. The van der Waals surface area contributed by atoms with Gasteiger partial charge in [-0.05, 0) is 59.5 Å². The van der Waals surface area contributed by atoms with Crippen molar-refractivity contribution in [3.05, 3.63) is 17.4 Å². The van der Waals surface area contributed by atoms with E-state index >= 15 is 0 Å². The van der Waals surface area contributed by atoms with E-state index in [1.165, 1.54) is 12.0 Å². The molecule has 2 rings (SSSR count). The highest BCUT2D eigenvalue weighted by atomic mass is 19.1. The van der Waals surface area contributed by atoms with Gasteiger partial charge in [-0.25, -0.2) is 4.39 Å². The van der Waals surface area contributed by atoms with Crippen LogP contribution in [0.25, 0.3) is 0 Å². The average molecular weight is 292 g/mol. The molecule has 0 amide bonds. The summed E-state index contributed by atoms with van der Waals surface area (Å²) in [6, 6.07) is 0. The number of allylic oxidation sites excluding steroid dienone is 1. The molecular weight excluding hydrogens is 259 g/mol. The fraction of sp³-hybridized carbons (Fsp3) is 0.850. The lowest BCUT2D eigenvalue weighted by molar-refractivity contribution is -0.0109. The third-order valence-corrected chi connectivity index (χ3v) is 6.48. The Labute approximate surface area is 130 Å². The van der Waals surface area contributed by atoms with Gasteiger partial charge in [-0.1, -0.05) is 48.0 Å². The number of alkyl halides is 1. The molecule has 4 atom stereocenters. The van der Waals surface area contributed by atoms with Crippen LogP contribution < -0.4 is 0 Å². The first-order valence-electron chi connectivity index (χ1n) is 8.81. The summed E-state index contributed by atoms with van der Waals surface area (Å²) in [5.74, 6) is 1.95. The number of halogens is 1. The first kappa shape index (κ1) is 16.8. The SMILES string of the molecule is CCC(C)(C)C1C(C(C)C)CC=C=C2C[C@@H](F)CC[C@@]21C. The van der Waals surface area contributed by atoms with E-state index in [-0.39, 0.29) is 10.8 Å². The lowest BCUT2D eigenvalue weighted by Crippen LogP contribution is -2.46. The molecule has 1 saturated carbocycles. The smallest absolute Gasteiger partial charge is 0.104 e. The average Bonchev–Trinajstić information content (AvgIpc) is 2.56. The van der Waals surface area contributed by atoms with Crippen LogP contribution in [0.15, 0.2) is 17.4 Å². The van der Waals surface area contributed by atoms with Crippen LogP contribution in [0.5, 0.6) is 0 Å². The van der Waals surface area contributed by atoms with Gasteiger partial charge in [-0.15, -0.1) is 5.73 Å². The van der Waals surface area contributed by atoms with Crippen molar-refractivity contribution in [3.8, 4) is 0 Å². The van der Waals surface area contributed by atoms with Gasteiger partial charge in [-0.2, -0.15) is 0 Å². The molecule has 1 heteroatoms. The summed E-state index contributed by atoms with van der Waals surface area (Å²) in [6.07, 6.45) is 6.15. The van der Waals surface area contributed by atoms with Gasteiger partial charge in [-0.3, -0.25) is 0 Å². The molecule has 0 N–H and O–H groups in total. The minimum absolute atomic E-state index is 0.129. The van der Waals surface area contributed by atoms with Crippen LogP contribution in [0.1, 0.15) is 73.6 Å². The second kappa shape index (κ2) is 5.92. The van der Waals surface area contributed by atoms with Crippen molar-refractivity contribution in [1.82, 2.24) is 0 Å². The van der Waals surface area contributed by atoms with Gasteiger partial charge in [0.1, 0.15) is 6.17 Å². The van der Waals surface area contributed by atoms with Crippen molar-refractivity contribution in [2.75, 3.05) is 0 Å². The van der Waals surface area contributed by atoms with E-state index in [2.05, 4.69) is 53.3 Å². The van der Waals surface area contributed by atoms with E-state index in [1.54, 1.807) is 0 Å². The number of fused-ring (bicyclic) bond motifs is 1. The normalized spacial score (nSPS) is 37.1. The molecule has 1 fully saturated rings. The van der Waals surface area contributed by atoms with Crippen LogP contribution in [-0.4, -0.2) is 6.17 Å². The predicted octanol–water partition coefficient (Wildman–Crippen LogP) is 6.32. The minimum atomic E-state index is -0.657. The molecule has 0 aromatic rings. The molecule has 0 nitrogen and oxygen atoms in total. The van der Waals surface area contributed by atoms with E-state index < -0.39 is 6.17 Å². The van der Waals surface area contributed by atoms with Crippen LogP contribution in [0, 0.1) is 28.6 Å². The Bertz CT molecular complexity index is 439. The first-order chi connectivity index (χ1) is 9.72. The predicted molar refractivity (Wildman–Crippen MR) is 89.0 cm³/mol. The van der Waals surface area contributed by atoms with E-state index in [9.17, 15) is 4.39 Å². The maximum Gasteiger partial charge on any atom is 0.104 e. The van der Waals surface area contributed by atoms with Gasteiger partial charge in [0, 0.05) is 6.42 Å². The van der Waals surface area contributed by atoms with Crippen LogP contribution in [0.3, 0.4) is 0 Å². The van der Waals surface area contributed by atoms with Crippen LogP contribution >= 0.6 is 0 Å². The van der Waals surface area contributed by atoms with Gasteiger partial charge in [0.05, 0.1) is 0 Å². The zero-order chi connectivity index (χ0) is 15.8. The first-order valence-corrected chi connectivity index (χ1v) is 8.81. The molecule has 2 unspecified atom stereocenters. The molecule has 0 bridgehead atoms. The molecule has 2 aliphatic rings. The van der Waals surface area contributed by atoms with Crippen LogP contribution in [0.4, 0.5) is 4.39 Å². The second-order valence-corrected chi connectivity index (χ2v) is 8.55. The third-order valence-electron chi connectivity index (χ3n) is 6.48. The molecule has 0 radical (unpaired) electrons. The van der Waals surface area contributed by atoms with Gasteiger partial charge in [0.15, 0.2) is 0 Å². The molecular formula is C20H33F. The largest absolute Gasteiger partial charge is 0.247 e. The third kappa shape index (κ3) is 3.00. The zero-order valence-electron chi connectivity index (χ0n) is 14.8. The van der Waals surface area contributed by atoms with Crippen molar-refractivity contribution in [2.45, 2.75) is 79.8 Å². The van der Waals surface area contributed by atoms with Crippen molar-refractivity contribution in [3.63, 3.8) is 0 Å². The van der Waals surface area contributed by atoms with Gasteiger partial charge in [0.2, 0.25) is 0 Å². The van der Waals surface area contributed by atoms with E-state index in [0.29, 0.717) is 24.2 Å². The Kier molecular flexibility index (Phi) is 4.74. The summed E-state index contributed by atoms with van der Waals surface area (Å²) in [6.45, 7) is 14.3. The van der Waals surface area contributed by atoms with E-state index in [4.69, 9.17) is 0 Å². The van der Waals surface area contributed by atoms with Crippen molar-refractivity contribution >= 4 is 0 Å². The van der Waals surface area contributed by atoms with Crippen LogP contribution in [-0.2, 0) is 0 Å². The molecule has 0 saturated heterocycles. The molecule has 0 aromatic carbocycles. The van der Waals surface area contributed by atoms with Gasteiger partial charge >= 0.3 is 0 Å². The molecule has 120 valence electrons. The summed E-state index contributed by atoms with van der Waals surface area (Å²) in [4.78, 5) is 0. The van der Waals surface area contributed by atoms with Crippen molar-refractivity contribution in [1.29, 1.82) is 0 Å². The summed E-state index contributed by atoms with van der Waals surface area (Å²) >= 11 is 0. The lowest BCUT2D eigenvalue weighted by atomic mass is 9.51. The van der Waals surface area contributed by atoms with Gasteiger partial charge < -0.3 is 0 Å². The Balaban J connectivity index is 2.50. The van der Waals surface area contributed by atoms with Crippen molar-refractivity contribution in [2.24, 2.45) is 28.6 Å². The summed E-state index contributed by atoms with van der Waals surface area (Å²) in [5.41, 5.74) is 5.20. The maximum atomic E-state index is 13.9. The second-order valence-electron chi connectivity index (χ2n) is 8.55. The number of hydrogen-bond acceptors (Lipinski definition) is 0. The van der Waals surface area contributed by atoms with E-state index in [1.807, 2.05) is 0 Å². The van der Waals surface area contributed by atoms with Crippen LogP contribution in [0.2, 0.25) is 0 Å². The topological polar surface area (TPSA) is 0 Å². The summed E-state index contributed by atoms with van der Waals surface area (Å²) in [5, 5.41) is 0. The van der Waals surface area contributed by atoms with Crippen molar-refractivity contribution < 1.29 is 4.39 Å². The molecule has 21 heavy (non-hydrogen) atoms. The standard InChI is InChI=1S/C20H33F/c1-7-19(4,5)18-17(14(2)3)10-8-9-15-13-16(21)11-12-20(15,18)6/h8,14,16-18H,7,10-13H2,1-6H3/t16-,17?,18?,20-/m0/s1. The zero-order valence-corrected chi connectivity index (χ0v) is 14.8. The fourth-order valence-electron chi connectivity index (χ4n) is 4.98. The molecule has 0 spiro atoms.